The summed E-state index contributed by atoms with van der Waals surface area (Å²) < 4.78 is 7.01. The summed E-state index contributed by atoms with van der Waals surface area (Å²) in [5.41, 5.74) is 0.961. The molecule has 2 amide bonds. The number of nitrogens with zero attached hydrogens (tertiary/aromatic N) is 4. The Labute approximate surface area is 129 Å². The van der Waals surface area contributed by atoms with Crippen molar-refractivity contribution < 1.29 is 9.21 Å². The molecule has 0 spiro atoms. The molecule has 0 bridgehead atoms. The van der Waals surface area contributed by atoms with Crippen LogP contribution >= 0.6 is 0 Å². The summed E-state index contributed by atoms with van der Waals surface area (Å²) in [6.07, 6.45) is 6.97. The van der Waals surface area contributed by atoms with Gasteiger partial charge in [-0.2, -0.15) is 0 Å². The van der Waals surface area contributed by atoms with Crippen LogP contribution in [0.1, 0.15) is 17.4 Å². The van der Waals surface area contributed by atoms with Crippen molar-refractivity contribution in [2.24, 2.45) is 7.05 Å². The fourth-order valence-electron chi connectivity index (χ4n) is 2.72. The van der Waals surface area contributed by atoms with Crippen LogP contribution in [0.4, 0.5) is 4.79 Å². The number of hydrogen-bond acceptors (Lipinski definition) is 4. The second kappa shape index (κ2) is 6.23. The van der Waals surface area contributed by atoms with Crippen molar-refractivity contribution in [3.8, 4) is 0 Å². The fourth-order valence-corrected chi connectivity index (χ4v) is 2.72. The topological polar surface area (TPSA) is 66.5 Å². The lowest BCUT2D eigenvalue weighted by molar-refractivity contribution is 0.104. The molecule has 1 aliphatic heterocycles. The molecule has 1 fully saturated rings. The molecule has 1 saturated heterocycles. The number of rotatable bonds is 3. The third-order valence-corrected chi connectivity index (χ3v) is 4.12. The highest BCUT2D eigenvalue weighted by atomic mass is 16.3. The summed E-state index contributed by atoms with van der Waals surface area (Å²) in [7, 11) is 4.05. The molecular weight excluding hydrogens is 282 g/mol. The Hall–Kier alpha value is -2.28. The van der Waals surface area contributed by atoms with Crippen LogP contribution in [-0.2, 0) is 13.6 Å². The second-order valence-corrected chi connectivity index (χ2v) is 5.63. The number of hydrogen-bond donors (Lipinski definition) is 1. The average molecular weight is 303 g/mol. The molecule has 0 radical (unpaired) electrons. The van der Waals surface area contributed by atoms with E-state index in [0.29, 0.717) is 19.6 Å². The van der Waals surface area contributed by atoms with Crippen molar-refractivity contribution in [1.82, 2.24) is 24.7 Å². The monoisotopic (exact) mass is 303 g/mol. The standard InChI is InChI=1S/C15H21N5O2/c1-18-6-7-20(10-13(18)14-16-4-5-19(14)2)15(21)17-9-12-3-8-22-11-12/h3-5,8,11,13H,6-7,9-10H2,1-2H3,(H,17,21)/t13-/m0/s1. The van der Waals surface area contributed by atoms with Gasteiger partial charge in [0, 0.05) is 51.2 Å². The van der Waals surface area contributed by atoms with Crippen LogP contribution in [0.5, 0.6) is 0 Å². The summed E-state index contributed by atoms with van der Waals surface area (Å²) in [6, 6.07) is 1.92. The van der Waals surface area contributed by atoms with Gasteiger partial charge in [-0.3, -0.25) is 4.90 Å². The zero-order valence-corrected chi connectivity index (χ0v) is 12.9. The molecule has 2 aromatic heterocycles. The minimum Gasteiger partial charge on any atom is -0.472 e. The number of aryl methyl sites for hydroxylation is 1. The van der Waals surface area contributed by atoms with Gasteiger partial charge in [-0.25, -0.2) is 9.78 Å². The molecule has 1 aliphatic rings. The van der Waals surface area contributed by atoms with Gasteiger partial charge in [-0.05, 0) is 13.1 Å². The summed E-state index contributed by atoms with van der Waals surface area (Å²) in [5, 5.41) is 2.93. The lowest BCUT2D eigenvalue weighted by atomic mass is 10.1. The van der Waals surface area contributed by atoms with Gasteiger partial charge in [0.1, 0.15) is 5.82 Å². The van der Waals surface area contributed by atoms with Gasteiger partial charge in [0.05, 0.1) is 18.6 Å². The molecule has 3 rings (SSSR count). The van der Waals surface area contributed by atoms with E-state index in [0.717, 1.165) is 17.9 Å². The lowest BCUT2D eigenvalue weighted by Gasteiger charge is -2.38. The maximum Gasteiger partial charge on any atom is 0.317 e. The van der Waals surface area contributed by atoms with Crippen LogP contribution < -0.4 is 5.32 Å². The summed E-state index contributed by atoms with van der Waals surface area (Å²) in [4.78, 5) is 20.8. The Bertz CT molecular complexity index is 622. The molecule has 118 valence electrons. The molecule has 7 nitrogen and oxygen atoms in total. The van der Waals surface area contributed by atoms with Gasteiger partial charge < -0.3 is 19.2 Å². The van der Waals surface area contributed by atoms with E-state index in [-0.39, 0.29) is 12.1 Å². The highest BCUT2D eigenvalue weighted by Crippen LogP contribution is 2.22. The van der Waals surface area contributed by atoms with Crippen molar-refractivity contribution in [3.63, 3.8) is 0 Å². The molecule has 0 aliphatic carbocycles. The molecule has 0 unspecified atom stereocenters. The normalized spacial score (nSPS) is 19.4. The molecular formula is C15H21N5O2. The van der Waals surface area contributed by atoms with E-state index in [4.69, 9.17) is 4.42 Å². The Morgan fingerprint density at radius 1 is 1.45 bits per heavy atom. The van der Waals surface area contributed by atoms with E-state index in [1.165, 1.54) is 0 Å². The number of amides is 2. The predicted molar refractivity (Wildman–Crippen MR) is 81.1 cm³/mol. The van der Waals surface area contributed by atoms with Gasteiger partial charge in [0.2, 0.25) is 0 Å². The highest BCUT2D eigenvalue weighted by molar-refractivity contribution is 5.74. The SMILES string of the molecule is CN1CCN(C(=O)NCc2ccoc2)C[C@H]1c1nccn1C. The number of imidazole rings is 1. The smallest absolute Gasteiger partial charge is 0.317 e. The van der Waals surface area contributed by atoms with Crippen LogP contribution in [0.3, 0.4) is 0 Å². The van der Waals surface area contributed by atoms with Crippen molar-refractivity contribution in [1.29, 1.82) is 0 Å². The molecule has 0 saturated carbocycles. The summed E-state index contributed by atoms with van der Waals surface area (Å²) >= 11 is 0. The van der Waals surface area contributed by atoms with Crippen molar-refractivity contribution >= 4 is 6.03 Å². The van der Waals surface area contributed by atoms with Gasteiger partial charge in [-0.15, -0.1) is 0 Å². The fraction of sp³-hybridized carbons (Fsp3) is 0.467. The number of furan rings is 1. The van der Waals surface area contributed by atoms with Crippen LogP contribution in [0, 0.1) is 0 Å². The first kappa shape index (κ1) is 14.6. The number of carbonyl (C=O) groups excluding carboxylic acids is 1. The third-order valence-electron chi connectivity index (χ3n) is 4.12. The second-order valence-electron chi connectivity index (χ2n) is 5.63. The molecule has 1 atom stereocenters. The number of nitrogens with one attached hydrogen (secondary N) is 1. The predicted octanol–water partition coefficient (Wildman–Crippen LogP) is 1.21. The van der Waals surface area contributed by atoms with Gasteiger partial charge in [0.25, 0.3) is 0 Å². The van der Waals surface area contributed by atoms with E-state index in [1.54, 1.807) is 18.7 Å². The maximum atomic E-state index is 12.3. The zero-order valence-electron chi connectivity index (χ0n) is 12.9. The molecule has 0 aromatic carbocycles. The van der Waals surface area contributed by atoms with Crippen LogP contribution in [-0.4, -0.2) is 52.1 Å². The Kier molecular flexibility index (Phi) is 4.15. The first-order valence-corrected chi connectivity index (χ1v) is 7.36. The molecule has 22 heavy (non-hydrogen) atoms. The number of aromatic nitrogens is 2. The quantitative estimate of drug-likeness (QED) is 0.925. The van der Waals surface area contributed by atoms with Crippen LogP contribution in [0.15, 0.2) is 35.4 Å². The summed E-state index contributed by atoms with van der Waals surface area (Å²) in [6.45, 7) is 2.67. The van der Waals surface area contributed by atoms with E-state index in [2.05, 4.69) is 22.2 Å². The van der Waals surface area contributed by atoms with Gasteiger partial charge in [-0.1, -0.05) is 0 Å². The molecule has 1 N–H and O–H groups in total. The average Bonchev–Trinajstić information content (AvgIpc) is 3.17. The lowest BCUT2D eigenvalue weighted by Crippen LogP contribution is -2.52. The van der Waals surface area contributed by atoms with Gasteiger partial charge in [0.15, 0.2) is 0 Å². The number of carbonyl (C=O) groups is 1. The molecule has 2 aromatic rings. The van der Waals surface area contributed by atoms with E-state index in [9.17, 15) is 4.79 Å². The third kappa shape index (κ3) is 2.99. The van der Waals surface area contributed by atoms with Crippen LogP contribution in [0.25, 0.3) is 0 Å². The largest absolute Gasteiger partial charge is 0.472 e. The molecule has 7 heteroatoms. The van der Waals surface area contributed by atoms with E-state index >= 15 is 0 Å². The highest BCUT2D eigenvalue weighted by Gasteiger charge is 2.30. The summed E-state index contributed by atoms with van der Waals surface area (Å²) in [5.74, 6) is 0.981. The molecule has 3 heterocycles. The zero-order chi connectivity index (χ0) is 15.5. The van der Waals surface area contributed by atoms with E-state index < -0.39 is 0 Å². The van der Waals surface area contributed by atoms with Crippen molar-refractivity contribution in [2.45, 2.75) is 12.6 Å². The van der Waals surface area contributed by atoms with Crippen molar-refractivity contribution in [3.05, 3.63) is 42.4 Å². The minimum absolute atomic E-state index is 0.0477. The van der Waals surface area contributed by atoms with Crippen LogP contribution in [0.2, 0.25) is 0 Å². The van der Waals surface area contributed by atoms with Gasteiger partial charge >= 0.3 is 6.03 Å². The number of likely N-dealkylation sites (N-methyl/N-ethyl adjacent to an activating group) is 1. The first-order valence-electron chi connectivity index (χ1n) is 7.36. The number of urea groups is 1. The Balaban J connectivity index is 1.62. The maximum absolute atomic E-state index is 12.3. The van der Waals surface area contributed by atoms with Crippen molar-refractivity contribution in [2.75, 3.05) is 26.7 Å². The number of piperazine rings is 1. The van der Waals surface area contributed by atoms with E-state index in [1.807, 2.05) is 28.8 Å². The minimum atomic E-state index is -0.0477. The Morgan fingerprint density at radius 3 is 3.00 bits per heavy atom. The first-order chi connectivity index (χ1) is 10.6. The Morgan fingerprint density at radius 2 is 2.32 bits per heavy atom.